The lowest BCUT2D eigenvalue weighted by Crippen LogP contribution is -2.20. The van der Waals surface area contributed by atoms with Gasteiger partial charge in [-0.05, 0) is 34.9 Å². The number of hydrogen-bond acceptors (Lipinski definition) is 3. The monoisotopic (exact) mass is 254 g/mol. The molecule has 0 saturated heterocycles. The van der Waals surface area contributed by atoms with E-state index >= 15 is 0 Å². The number of fused-ring (bicyclic) bond motifs is 1. The minimum Gasteiger partial charge on any atom is -0.392 e. The number of amides is 1. The van der Waals surface area contributed by atoms with Crippen LogP contribution in [0.2, 0.25) is 0 Å². The van der Waals surface area contributed by atoms with Gasteiger partial charge in [0, 0.05) is 30.7 Å². The topological polar surface area (TPSA) is 53.4 Å². The van der Waals surface area contributed by atoms with Gasteiger partial charge in [-0.3, -0.25) is 9.78 Å². The zero-order valence-electron chi connectivity index (χ0n) is 10.6. The third kappa shape index (κ3) is 1.90. The van der Waals surface area contributed by atoms with E-state index in [1.165, 1.54) is 0 Å². The van der Waals surface area contributed by atoms with Crippen molar-refractivity contribution in [3.8, 4) is 11.1 Å². The smallest absolute Gasteiger partial charge is 0.231 e. The fourth-order valence-corrected chi connectivity index (χ4v) is 2.46. The maximum atomic E-state index is 11.7. The largest absolute Gasteiger partial charge is 0.392 e. The van der Waals surface area contributed by atoms with Crippen LogP contribution in [0.3, 0.4) is 0 Å². The second kappa shape index (κ2) is 4.48. The van der Waals surface area contributed by atoms with Crippen LogP contribution in [0.25, 0.3) is 11.1 Å². The third-order valence-corrected chi connectivity index (χ3v) is 3.55. The molecule has 1 aliphatic heterocycles. The van der Waals surface area contributed by atoms with Crippen LogP contribution in [0.5, 0.6) is 0 Å². The van der Waals surface area contributed by atoms with Gasteiger partial charge in [-0.25, -0.2) is 0 Å². The van der Waals surface area contributed by atoms with Crippen molar-refractivity contribution in [2.75, 3.05) is 11.9 Å². The molecule has 0 bridgehead atoms. The fraction of sp³-hybridized carbons (Fsp3) is 0.200. The minimum absolute atomic E-state index is 0.0201. The molecule has 0 saturated carbocycles. The lowest BCUT2D eigenvalue weighted by molar-refractivity contribution is -0.117. The van der Waals surface area contributed by atoms with E-state index in [9.17, 15) is 9.90 Å². The Morgan fingerprint density at radius 3 is 3.00 bits per heavy atom. The van der Waals surface area contributed by atoms with E-state index in [2.05, 4.69) is 4.98 Å². The van der Waals surface area contributed by atoms with E-state index < -0.39 is 0 Å². The Morgan fingerprint density at radius 1 is 1.37 bits per heavy atom. The Kier molecular flexibility index (Phi) is 2.80. The van der Waals surface area contributed by atoms with E-state index in [0.29, 0.717) is 6.42 Å². The number of rotatable bonds is 2. The van der Waals surface area contributed by atoms with Crippen molar-refractivity contribution in [2.24, 2.45) is 0 Å². The molecule has 4 heteroatoms. The quantitative estimate of drug-likeness (QED) is 0.888. The number of hydrogen-bond donors (Lipinski definition) is 1. The van der Waals surface area contributed by atoms with Gasteiger partial charge >= 0.3 is 0 Å². The molecule has 0 unspecified atom stereocenters. The van der Waals surface area contributed by atoms with Crippen LogP contribution in [-0.4, -0.2) is 23.0 Å². The van der Waals surface area contributed by atoms with Gasteiger partial charge in [0.15, 0.2) is 0 Å². The van der Waals surface area contributed by atoms with Crippen molar-refractivity contribution in [3.05, 3.63) is 47.8 Å². The summed E-state index contributed by atoms with van der Waals surface area (Å²) in [6, 6.07) is 7.72. The van der Waals surface area contributed by atoms with Crippen molar-refractivity contribution in [1.29, 1.82) is 0 Å². The molecule has 1 amide bonds. The fourth-order valence-electron chi connectivity index (χ4n) is 2.46. The summed E-state index contributed by atoms with van der Waals surface area (Å²) in [5.41, 5.74) is 4.72. The van der Waals surface area contributed by atoms with Crippen molar-refractivity contribution in [2.45, 2.75) is 13.0 Å². The number of likely N-dealkylation sites (N-methyl/N-ethyl adjacent to an activating group) is 1. The van der Waals surface area contributed by atoms with Crippen molar-refractivity contribution >= 4 is 11.6 Å². The van der Waals surface area contributed by atoms with Gasteiger partial charge in [-0.2, -0.15) is 0 Å². The number of anilines is 1. The van der Waals surface area contributed by atoms with Crippen molar-refractivity contribution in [1.82, 2.24) is 4.98 Å². The van der Waals surface area contributed by atoms with Crippen molar-refractivity contribution in [3.63, 3.8) is 0 Å². The molecule has 2 heterocycles. The molecule has 19 heavy (non-hydrogen) atoms. The summed E-state index contributed by atoms with van der Waals surface area (Å²) < 4.78 is 0. The van der Waals surface area contributed by atoms with Gasteiger partial charge in [0.25, 0.3) is 0 Å². The molecule has 0 atom stereocenters. The number of carbonyl (C=O) groups excluding carboxylic acids is 1. The highest BCUT2D eigenvalue weighted by atomic mass is 16.3. The Morgan fingerprint density at radius 2 is 2.21 bits per heavy atom. The van der Waals surface area contributed by atoms with Crippen LogP contribution in [0.1, 0.15) is 11.1 Å². The Labute approximate surface area is 111 Å². The highest BCUT2D eigenvalue weighted by Crippen LogP contribution is 2.32. The molecule has 4 nitrogen and oxygen atoms in total. The molecule has 2 aromatic rings. The summed E-state index contributed by atoms with van der Waals surface area (Å²) in [6.07, 6.45) is 3.85. The van der Waals surface area contributed by atoms with E-state index in [0.717, 1.165) is 27.9 Å². The van der Waals surface area contributed by atoms with Crippen LogP contribution in [0.15, 0.2) is 36.7 Å². The lowest BCUT2D eigenvalue weighted by atomic mass is 9.99. The molecule has 1 aromatic heterocycles. The van der Waals surface area contributed by atoms with Crippen LogP contribution in [0, 0.1) is 0 Å². The molecule has 0 aliphatic carbocycles. The van der Waals surface area contributed by atoms with E-state index in [-0.39, 0.29) is 12.5 Å². The van der Waals surface area contributed by atoms with Crippen LogP contribution < -0.4 is 4.90 Å². The molecule has 1 aromatic carbocycles. The first-order valence-electron chi connectivity index (χ1n) is 6.14. The maximum Gasteiger partial charge on any atom is 0.231 e. The Bertz CT molecular complexity index is 652. The molecule has 96 valence electrons. The summed E-state index contributed by atoms with van der Waals surface area (Å²) in [5.74, 6) is 0.112. The maximum absolute atomic E-state index is 11.7. The summed E-state index contributed by atoms with van der Waals surface area (Å²) >= 11 is 0. The molecule has 1 aliphatic rings. The molecular formula is C15H14N2O2. The second-order valence-corrected chi connectivity index (χ2v) is 4.66. The number of aliphatic hydroxyl groups excluding tert-OH is 1. The number of nitrogens with zero attached hydrogens (tertiary/aromatic N) is 2. The highest BCUT2D eigenvalue weighted by molar-refractivity contribution is 6.01. The molecular weight excluding hydrogens is 240 g/mol. The molecule has 0 radical (unpaired) electrons. The van der Waals surface area contributed by atoms with Gasteiger partial charge in [0.2, 0.25) is 5.91 Å². The second-order valence-electron chi connectivity index (χ2n) is 4.66. The number of carbonyl (C=O) groups is 1. The van der Waals surface area contributed by atoms with E-state index in [1.54, 1.807) is 30.4 Å². The Balaban J connectivity index is 2.09. The molecule has 1 N–H and O–H groups in total. The SMILES string of the molecule is CN1C(=O)Cc2cc(-c3cnccc3CO)ccc21. The van der Waals surface area contributed by atoms with Gasteiger partial charge < -0.3 is 10.0 Å². The predicted molar refractivity (Wildman–Crippen MR) is 72.7 cm³/mol. The van der Waals surface area contributed by atoms with Gasteiger partial charge in [-0.15, -0.1) is 0 Å². The zero-order valence-corrected chi connectivity index (χ0v) is 10.6. The van der Waals surface area contributed by atoms with Crippen LogP contribution in [0.4, 0.5) is 5.69 Å². The first kappa shape index (κ1) is 11.9. The zero-order chi connectivity index (χ0) is 13.4. The first-order chi connectivity index (χ1) is 9.20. The molecule has 0 fully saturated rings. The first-order valence-corrected chi connectivity index (χ1v) is 6.14. The number of benzene rings is 1. The normalized spacial score (nSPS) is 13.8. The average molecular weight is 254 g/mol. The number of pyridine rings is 1. The molecule has 0 spiro atoms. The lowest BCUT2D eigenvalue weighted by Gasteiger charge is -2.11. The summed E-state index contributed by atoms with van der Waals surface area (Å²) in [7, 11) is 1.79. The molecule has 3 rings (SSSR count). The third-order valence-electron chi connectivity index (χ3n) is 3.55. The summed E-state index contributed by atoms with van der Waals surface area (Å²) in [4.78, 5) is 17.5. The van der Waals surface area contributed by atoms with Crippen LogP contribution in [-0.2, 0) is 17.8 Å². The Hall–Kier alpha value is -2.20. The minimum atomic E-state index is -0.0201. The van der Waals surface area contributed by atoms with Gasteiger partial charge in [0.1, 0.15) is 0 Å². The van der Waals surface area contributed by atoms with E-state index in [4.69, 9.17) is 0 Å². The summed E-state index contributed by atoms with van der Waals surface area (Å²) in [5, 5.41) is 9.37. The predicted octanol–water partition coefficient (Wildman–Crippen LogP) is 1.76. The summed E-state index contributed by atoms with van der Waals surface area (Å²) in [6.45, 7) is -0.0201. The highest BCUT2D eigenvalue weighted by Gasteiger charge is 2.24. The van der Waals surface area contributed by atoms with Crippen molar-refractivity contribution < 1.29 is 9.90 Å². The van der Waals surface area contributed by atoms with E-state index in [1.807, 2.05) is 18.2 Å². The van der Waals surface area contributed by atoms with Crippen LogP contribution >= 0.6 is 0 Å². The van der Waals surface area contributed by atoms with Gasteiger partial charge in [0.05, 0.1) is 13.0 Å². The number of aliphatic hydroxyl groups is 1. The standard InChI is InChI=1S/C15H14N2O2/c1-17-14-3-2-10(6-12(14)7-15(17)19)13-8-16-5-4-11(13)9-18/h2-6,8,18H,7,9H2,1H3. The van der Waals surface area contributed by atoms with Gasteiger partial charge in [-0.1, -0.05) is 6.07 Å². The number of aromatic nitrogens is 1. The average Bonchev–Trinajstić information content (AvgIpc) is 2.73.